The van der Waals surface area contributed by atoms with Crippen LogP contribution in [0.5, 0.6) is 0 Å². The molecule has 1 aliphatic heterocycles. The van der Waals surface area contributed by atoms with E-state index in [0.717, 1.165) is 24.2 Å². The first-order chi connectivity index (χ1) is 19.0. The number of anilines is 1. The lowest BCUT2D eigenvalue weighted by Crippen LogP contribution is -2.48. The highest BCUT2D eigenvalue weighted by molar-refractivity contribution is 5.91. The molecular weight excluding hydrogens is 521 g/mol. The Morgan fingerprint density at radius 2 is 1.77 bits per heavy atom. The van der Waals surface area contributed by atoms with Gasteiger partial charge in [0.25, 0.3) is 5.91 Å². The molecule has 3 heterocycles. The summed E-state index contributed by atoms with van der Waals surface area (Å²) in [5.74, 6) is 1.05. The lowest BCUT2D eigenvalue weighted by molar-refractivity contribution is -0.137. The Morgan fingerprint density at radius 1 is 1.02 bits per heavy atom. The van der Waals surface area contributed by atoms with Crippen molar-refractivity contribution < 1.29 is 27.2 Å². The van der Waals surface area contributed by atoms with Crippen molar-refractivity contribution in [1.29, 1.82) is 0 Å². The molecule has 0 unspecified atom stereocenters. The van der Waals surface area contributed by atoms with Crippen LogP contribution in [0.25, 0.3) is 0 Å². The molecule has 0 bridgehead atoms. The number of piperazine rings is 1. The van der Waals surface area contributed by atoms with Crippen molar-refractivity contribution in [3.05, 3.63) is 77.5 Å². The molecule has 4 rings (SSSR count). The number of alkyl halides is 3. The van der Waals surface area contributed by atoms with Crippen LogP contribution in [0.1, 0.15) is 61.2 Å². The molecule has 0 saturated carbocycles. The standard InChI is InChI=1S/C30H37F3N4O3/c1-4-12-37(28(38)18-22(2)3)20-25-9-6-13-36(25)21-26-10-11-27(40-26)29(39)35-16-14-34(15-17-35)24-8-5-7-23(19-24)30(31,32)33/h5-11,13,19,22H,4,12,14-18,20-21H2,1-3H3. The van der Waals surface area contributed by atoms with E-state index in [-0.39, 0.29) is 17.6 Å². The fourth-order valence-corrected chi connectivity index (χ4v) is 4.93. The number of aromatic nitrogens is 1. The van der Waals surface area contributed by atoms with E-state index in [9.17, 15) is 22.8 Å². The summed E-state index contributed by atoms with van der Waals surface area (Å²) < 4.78 is 47.2. The highest BCUT2D eigenvalue weighted by atomic mass is 19.4. The molecule has 3 aromatic rings. The van der Waals surface area contributed by atoms with Gasteiger partial charge in [-0.15, -0.1) is 0 Å². The average Bonchev–Trinajstić information content (AvgIpc) is 3.57. The van der Waals surface area contributed by atoms with E-state index >= 15 is 0 Å². The Kier molecular flexibility index (Phi) is 9.27. The molecule has 0 spiro atoms. The Morgan fingerprint density at radius 3 is 2.45 bits per heavy atom. The highest BCUT2D eigenvalue weighted by Crippen LogP contribution is 2.32. The van der Waals surface area contributed by atoms with Crippen LogP contribution in [0.4, 0.5) is 18.9 Å². The summed E-state index contributed by atoms with van der Waals surface area (Å²) in [6.07, 6.45) is -1.07. The number of hydrogen-bond acceptors (Lipinski definition) is 4. The van der Waals surface area contributed by atoms with Gasteiger partial charge in [0.2, 0.25) is 5.91 Å². The molecule has 1 fully saturated rings. The molecule has 0 radical (unpaired) electrons. The number of amides is 2. The smallest absolute Gasteiger partial charge is 0.416 e. The summed E-state index contributed by atoms with van der Waals surface area (Å²) in [5.41, 5.74) is 0.798. The molecule has 1 aliphatic rings. The fourth-order valence-electron chi connectivity index (χ4n) is 4.93. The number of rotatable bonds is 10. The summed E-state index contributed by atoms with van der Waals surface area (Å²) in [6, 6.07) is 12.6. The van der Waals surface area contributed by atoms with E-state index in [1.54, 1.807) is 23.1 Å². The van der Waals surface area contributed by atoms with Gasteiger partial charge in [0.1, 0.15) is 5.76 Å². The summed E-state index contributed by atoms with van der Waals surface area (Å²) in [5, 5.41) is 0. The minimum absolute atomic E-state index is 0.142. The third-order valence-electron chi connectivity index (χ3n) is 7.01. The Hall–Kier alpha value is -3.69. The van der Waals surface area contributed by atoms with Crippen LogP contribution in [0.15, 0.2) is 59.1 Å². The number of carbonyl (C=O) groups excluding carboxylic acids is 2. The second-order valence-corrected chi connectivity index (χ2v) is 10.6. The fraction of sp³-hybridized carbons (Fsp3) is 0.467. The molecule has 10 heteroatoms. The van der Waals surface area contributed by atoms with E-state index in [4.69, 9.17) is 4.42 Å². The van der Waals surface area contributed by atoms with Gasteiger partial charge in [-0.25, -0.2) is 0 Å². The first-order valence-electron chi connectivity index (χ1n) is 13.8. The maximum absolute atomic E-state index is 13.1. The molecule has 0 aliphatic carbocycles. The van der Waals surface area contributed by atoms with Crippen molar-refractivity contribution in [2.75, 3.05) is 37.6 Å². The van der Waals surface area contributed by atoms with E-state index in [0.29, 0.717) is 69.6 Å². The number of nitrogens with zero attached hydrogens (tertiary/aromatic N) is 4. The van der Waals surface area contributed by atoms with Gasteiger partial charge in [-0.05, 0) is 54.8 Å². The van der Waals surface area contributed by atoms with Crippen molar-refractivity contribution in [1.82, 2.24) is 14.4 Å². The number of carbonyl (C=O) groups is 2. The summed E-state index contributed by atoms with van der Waals surface area (Å²) in [4.78, 5) is 31.2. The van der Waals surface area contributed by atoms with Crippen LogP contribution in [0, 0.1) is 5.92 Å². The zero-order valence-electron chi connectivity index (χ0n) is 23.3. The molecule has 216 valence electrons. The number of halogens is 3. The number of benzene rings is 1. The quantitative estimate of drug-likeness (QED) is 0.311. The lowest BCUT2D eigenvalue weighted by atomic mass is 10.1. The van der Waals surface area contributed by atoms with Crippen molar-refractivity contribution in [2.24, 2.45) is 5.92 Å². The van der Waals surface area contributed by atoms with Gasteiger partial charge in [0.05, 0.1) is 18.7 Å². The number of hydrogen-bond donors (Lipinski definition) is 0. The first kappa shape index (κ1) is 29.3. The monoisotopic (exact) mass is 558 g/mol. The Bertz CT molecular complexity index is 1290. The Balaban J connectivity index is 1.35. The van der Waals surface area contributed by atoms with Gasteiger partial charge in [0, 0.05) is 56.7 Å². The lowest BCUT2D eigenvalue weighted by Gasteiger charge is -2.36. The first-order valence-corrected chi connectivity index (χ1v) is 13.8. The van der Waals surface area contributed by atoms with Gasteiger partial charge >= 0.3 is 6.18 Å². The van der Waals surface area contributed by atoms with Crippen LogP contribution >= 0.6 is 0 Å². The number of furan rings is 1. The van der Waals surface area contributed by atoms with Crippen molar-refractivity contribution in [3.8, 4) is 0 Å². The average molecular weight is 559 g/mol. The van der Waals surface area contributed by atoms with Crippen molar-refractivity contribution in [3.63, 3.8) is 0 Å². The van der Waals surface area contributed by atoms with Gasteiger partial charge in [-0.2, -0.15) is 13.2 Å². The zero-order valence-corrected chi connectivity index (χ0v) is 23.3. The molecule has 40 heavy (non-hydrogen) atoms. The minimum Gasteiger partial charge on any atom is -0.454 e. The van der Waals surface area contributed by atoms with Gasteiger partial charge in [-0.3, -0.25) is 9.59 Å². The van der Waals surface area contributed by atoms with Crippen molar-refractivity contribution in [2.45, 2.75) is 52.9 Å². The minimum atomic E-state index is -4.40. The molecule has 0 atom stereocenters. The molecular formula is C30H37F3N4O3. The van der Waals surface area contributed by atoms with E-state index in [1.807, 2.05) is 46.5 Å². The molecule has 1 aromatic carbocycles. The Labute approximate surface area is 233 Å². The zero-order chi connectivity index (χ0) is 28.9. The van der Waals surface area contributed by atoms with Gasteiger partial charge in [0.15, 0.2) is 5.76 Å². The van der Waals surface area contributed by atoms with Crippen LogP contribution in [0.3, 0.4) is 0 Å². The predicted molar refractivity (Wildman–Crippen MR) is 147 cm³/mol. The highest BCUT2D eigenvalue weighted by Gasteiger charge is 2.31. The largest absolute Gasteiger partial charge is 0.454 e. The van der Waals surface area contributed by atoms with Crippen LogP contribution in [0.2, 0.25) is 0 Å². The van der Waals surface area contributed by atoms with Crippen molar-refractivity contribution >= 4 is 17.5 Å². The van der Waals surface area contributed by atoms with E-state index in [2.05, 4.69) is 6.92 Å². The molecule has 2 amide bonds. The topological polar surface area (TPSA) is 61.9 Å². The second-order valence-electron chi connectivity index (χ2n) is 10.6. The van der Waals surface area contributed by atoms with Crippen LogP contribution in [-0.2, 0) is 24.1 Å². The third kappa shape index (κ3) is 7.28. The molecule has 2 aromatic heterocycles. The van der Waals surface area contributed by atoms with E-state index < -0.39 is 11.7 Å². The summed E-state index contributed by atoms with van der Waals surface area (Å²) >= 11 is 0. The molecule has 0 N–H and O–H groups in total. The third-order valence-corrected chi connectivity index (χ3v) is 7.01. The van der Waals surface area contributed by atoms with Crippen LogP contribution in [-0.4, -0.2) is 58.9 Å². The van der Waals surface area contributed by atoms with Gasteiger partial charge in [-0.1, -0.05) is 26.8 Å². The van der Waals surface area contributed by atoms with E-state index in [1.165, 1.54) is 6.07 Å². The predicted octanol–water partition coefficient (Wildman–Crippen LogP) is 5.90. The normalized spacial score (nSPS) is 14.2. The van der Waals surface area contributed by atoms with Gasteiger partial charge < -0.3 is 23.7 Å². The second kappa shape index (κ2) is 12.7. The molecule has 1 saturated heterocycles. The van der Waals surface area contributed by atoms with Crippen LogP contribution < -0.4 is 4.90 Å². The SMILES string of the molecule is CCCN(Cc1cccn1Cc1ccc(C(=O)N2CCN(c3cccc(C(F)(F)F)c3)CC2)o1)C(=O)CC(C)C. The molecule has 7 nitrogen and oxygen atoms in total. The maximum atomic E-state index is 13.1. The summed E-state index contributed by atoms with van der Waals surface area (Å²) in [7, 11) is 0. The summed E-state index contributed by atoms with van der Waals surface area (Å²) in [6.45, 7) is 9.38. The maximum Gasteiger partial charge on any atom is 0.416 e.